The monoisotopic (exact) mass is 250 g/mol. The Labute approximate surface area is 108 Å². The molecule has 0 bridgehead atoms. The van der Waals surface area contributed by atoms with E-state index in [0.717, 1.165) is 24.2 Å². The van der Waals surface area contributed by atoms with E-state index < -0.39 is 0 Å². The normalized spacial score (nSPS) is 12.2. The van der Waals surface area contributed by atoms with Crippen molar-refractivity contribution in [2.75, 3.05) is 11.9 Å². The fourth-order valence-electron chi connectivity index (χ4n) is 1.78. The Bertz CT molecular complexity index is 386. The Balaban J connectivity index is 2.44. The van der Waals surface area contributed by atoms with E-state index in [0.29, 0.717) is 24.8 Å². The lowest BCUT2D eigenvalue weighted by Gasteiger charge is -2.09. The number of hydrogen-bond donors (Lipinski definition) is 2. The quantitative estimate of drug-likeness (QED) is 0.806. The van der Waals surface area contributed by atoms with Gasteiger partial charge in [0.15, 0.2) is 0 Å². The number of anilines is 1. The van der Waals surface area contributed by atoms with Gasteiger partial charge in [-0.05, 0) is 45.2 Å². The molecule has 1 amide bonds. The lowest BCUT2D eigenvalue weighted by atomic mass is 10.0. The number of aryl methyl sites for hydroxylation is 2. The average molecular weight is 250 g/mol. The van der Waals surface area contributed by atoms with Crippen molar-refractivity contribution in [3.63, 3.8) is 0 Å². The van der Waals surface area contributed by atoms with Crippen LogP contribution in [0.15, 0.2) is 6.07 Å². The number of hydrogen-bond acceptors (Lipinski definition) is 4. The van der Waals surface area contributed by atoms with Crippen LogP contribution in [0.5, 0.6) is 0 Å². The summed E-state index contributed by atoms with van der Waals surface area (Å²) in [6, 6.07) is 1.87. The molecule has 0 saturated heterocycles. The zero-order valence-corrected chi connectivity index (χ0v) is 11.4. The van der Waals surface area contributed by atoms with Crippen LogP contribution >= 0.6 is 0 Å². The largest absolute Gasteiger partial charge is 0.330 e. The first-order valence-corrected chi connectivity index (χ1v) is 6.33. The third kappa shape index (κ3) is 5.23. The second kappa shape index (κ2) is 7.06. The molecule has 0 spiro atoms. The molecular weight excluding hydrogens is 228 g/mol. The fourth-order valence-corrected chi connectivity index (χ4v) is 1.78. The minimum absolute atomic E-state index is 0.0381. The Morgan fingerprint density at radius 1 is 1.33 bits per heavy atom. The molecule has 3 N–H and O–H groups in total. The average Bonchev–Trinajstić information content (AvgIpc) is 2.25. The number of rotatable bonds is 6. The van der Waals surface area contributed by atoms with Crippen molar-refractivity contribution in [2.24, 2.45) is 11.7 Å². The zero-order valence-electron chi connectivity index (χ0n) is 11.4. The van der Waals surface area contributed by atoms with Gasteiger partial charge in [0.25, 0.3) is 0 Å². The highest BCUT2D eigenvalue weighted by Crippen LogP contribution is 2.10. The van der Waals surface area contributed by atoms with Crippen LogP contribution in [0.25, 0.3) is 0 Å². The topological polar surface area (TPSA) is 80.9 Å². The van der Waals surface area contributed by atoms with Crippen LogP contribution in [0.2, 0.25) is 0 Å². The summed E-state index contributed by atoms with van der Waals surface area (Å²) in [4.78, 5) is 20.1. The molecule has 0 fully saturated rings. The fraction of sp³-hybridized carbons (Fsp3) is 0.615. The number of carbonyl (C=O) groups is 1. The van der Waals surface area contributed by atoms with Crippen molar-refractivity contribution in [3.8, 4) is 0 Å². The molecule has 0 aromatic carbocycles. The van der Waals surface area contributed by atoms with E-state index in [-0.39, 0.29) is 5.91 Å². The minimum Gasteiger partial charge on any atom is -0.330 e. The molecule has 1 aromatic heterocycles. The van der Waals surface area contributed by atoms with Crippen LogP contribution in [-0.2, 0) is 4.79 Å². The predicted octanol–water partition coefficient (Wildman–Crippen LogP) is 1.80. The summed E-state index contributed by atoms with van der Waals surface area (Å²) in [6.07, 6.45) is 2.28. The van der Waals surface area contributed by atoms with E-state index in [9.17, 15) is 4.79 Å². The van der Waals surface area contributed by atoms with Gasteiger partial charge in [0, 0.05) is 17.8 Å². The molecule has 0 aliphatic carbocycles. The molecule has 1 aromatic rings. The van der Waals surface area contributed by atoms with Crippen LogP contribution in [0.3, 0.4) is 0 Å². The summed E-state index contributed by atoms with van der Waals surface area (Å²) in [5.74, 6) is 0.828. The lowest BCUT2D eigenvalue weighted by molar-refractivity contribution is -0.116. The maximum Gasteiger partial charge on any atom is 0.229 e. The van der Waals surface area contributed by atoms with E-state index in [1.165, 1.54) is 0 Å². The minimum atomic E-state index is -0.0381. The highest BCUT2D eigenvalue weighted by atomic mass is 16.1. The van der Waals surface area contributed by atoms with Crippen molar-refractivity contribution >= 4 is 11.9 Å². The van der Waals surface area contributed by atoms with Gasteiger partial charge in [0.2, 0.25) is 11.9 Å². The van der Waals surface area contributed by atoms with E-state index in [1.54, 1.807) is 0 Å². The molecule has 1 atom stereocenters. The van der Waals surface area contributed by atoms with Gasteiger partial charge >= 0.3 is 0 Å². The number of aromatic nitrogens is 2. The molecule has 18 heavy (non-hydrogen) atoms. The third-order valence-corrected chi connectivity index (χ3v) is 2.76. The van der Waals surface area contributed by atoms with Gasteiger partial charge in [0.05, 0.1) is 0 Å². The second-order valence-corrected chi connectivity index (χ2v) is 4.74. The first kappa shape index (κ1) is 14.6. The summed E-state index contributed by atoms with van der Waals surface area (Å²) in [5.41, 5.74) is 7.18. The highest BCUT2D eigenvalue weighted by molar-refractivity contribution is 5.88. The maximum absolute atomic E-state index is 11.7. The van der Waals surface area contributed by atoms with Gasteiger partial charge in [-0.3, -0.25) is 10.1 Å². The summed E-state index contributed by atoms with van der Waals surface area (Å²) < 4.78 is 0. The van der Waals surface area contributed by atoms with Crippen LogP contribution in [0.1, 0.15) is 37.6 Å². The van der Waals surface area contributed by atoms with Crippen molar-refractivity contribution in [1.29, 1.82) is 0 Å². The number of nitrogens with one attached hydrogen (secondary N) is 1. The first-order chi connectivity index (χ1) is 8.51. The number of nitrogens with two attached hydrogens (primary N) is 1. The molecule has 0 aliphatic heterocycles. The van der Waals surface area contributed by atoms with Gasteiger partial charge in [-0.25, -0.2) is 9.97 Å². The zero-order chi connectivity index (χ0) is 13.5. The van der Waals surface area contributed by atoms with E-state index >= 15 is 0 Å². The van der Waals surface area contributed by atoms with Crippen molar-refractivity contribution in [3.05, 3.63) is 17.5 Å². The van der Waals surface area contributed by atoms with E-state index in [1.807, 2.05) is 19.9 Å². The van der Waals surface area contributed by atoms with Gasteiger partial charge < -0.3 is 5.73 Å². The Kier molecular flexibility index (Phi) is 5.71. The molecule has 5 heteroatoms. The SMILES string of the molecule is Cc1cc(C)nc(NC(=O)CCC(C)CCN)n1. The van der Waals surface area contributed by atoms with Crippen LogP contribution < -0.4 is 11.1 Å². The van der Waals surface area contributed by atoms with Gasteiger partial charge in [-0.1, -0.05) is 6.92 Å². The molecule has 100 valence electrons. The lowest BCUT2D eigenvalue weighted by Crippen LogP contribution is -2.16. The summed E-state index contributed by atoms with van der Waals surface area (Å²) in [6.45, 7) is 6.54. The van der Waals surface area contributed by atoms with Crippen LogP contribution in [0, 0.1) is 19.8 Å². The summed E-state index contributed by atoms with van der Waals surface area (Å²) >= 11 is 0. The molecule has 5 nitrogen and oxygen atoms in total. The Morgan fingerprint density at radius 2 is 1.94 bits per heavy atom. The molecular formula is C13H22N4O. The van der Waals surface area contributed by atoms with Gasteiger partial charge in [-0.15, -0.1) is 0 Å². The Hall–Kier alpha value is -1.49. The van der Waals surface area contributed by atoms with Crippen molar-refractivity contribution < 1.29 is 4.79 Å². The maximum atomic E-state index is 11.7. The molecule has 1 rings (SSSR count). The number of amides is 1. The second-order valence-electron chi connectivity index (χ2n) is 4.74. The molecule has 1 heterocycles. The standard InChI is InChI=1S/C13H22N4O/c1-9(6-7-14)4-5-12(18)17-13-15-10(2)8-11(3)16-13/h8-9H,4-7,14H2,1-3H3,(H,15,16,17,18). The van der Waals surface area contributed by atoms with Gasteiger partial charge in [-0.2, -0.15) is 0 Å². The number of carbonyl (C=O) groups excluding carboxylic acids is 1. The molecule has 0 aliphatic rings. The third-order valence-electron chi connectivity index (χ3n) is 2.76. The number of nitrogens with zero attached hydrogens (tertiary/aromatic N) is 2. The van der Waals surface area contributed by atoms with Crippen molar-refractivity contribution in [2.45, 2.75) is 40.0 Å². The molecule has 0 radical (unpaired) electrons. The Morgan fingerprint density at radius 3 is 2.50 bits per heavy atom. The molecule has 1 unspecified atom stereocenters. The highest BCUT2D eigenvalue weighted by Gasteiger charge is 2.08. The van der Waals surface area contributed by atoms with Crippen molar-refractivity contribution in [1.82, 2.24) is 9.97 Å². The first-order valence-electron chi connectivity index (χ1n) is 6.33. The van der Waals surface area contributed by atoms with E-state index in [4.69, 9.17) is 5.73 Å². The van der Waals surface area contributed by atoms with Crippen LogP contribution in [-0.4, -0.2) is 22.4 Å². The van der Waals surface area contributed by atoms with Gasteiger partial charge in [0.1, 0.15) is 0 Å². The smallest absolute Gasteiger partial charge is 0.229 e. The molecule has 0 saturated carbocycles. The predicted molar refractivity (Wildman–Crippen MR) is 72.2 cm³/mol. The van der Waals surface area contributed by atoms with Crippen LogP contribution in [0.4, 0.5) is 5.95 Å². The summed E-state index contributed by atoms with van der Waals surface area (Å²) in [5, 5.41) is 2.73. The summed E-state index contributed by atoms with van der Waals surface area (Å²) in [7, 11) is 0. The van der Waals surface area contributed by atoms with E-state index in [2.05, 4.69) is 22.2 Å².